The topological polar surface area (TPSA) is 55.6 Å². The molecule has 1 aliphatic heterocycles. The number of hydrogen-bond acceptors (Lipinski definition) is 3. The molecule has 1 saturated heterocycles. The summed E-state index contributed by atoms with van der Waals surface area (Å²) < 4.78 is 5.43. The fraction of sp³-hybridized carbons (Fsp3) is 0.909. The van der Waals surface area contributed by atoms with Crippen LogP contribution in [-0.4, -0.2) is 43.2 Å². The van der Waals surface area contributed by atoms with Gasteiger partial charge in [-0.15, -0.1) is 0 Å². The van der Waals surface area contributed by atoms with Crippen molar-refractivity contribution in [3.63, 3.8) is 0 Å². The van der Waals surface area contributed by atoms with E-state index in [1.807, 2.05) is 11.8 Å². The molecule has 0 aromatic carbocycles. The van der Waals surface area contributed by atoms with Gasteiger partial charge in [-0.05, 0) is 32.2 Å². The second-order valence-corrected chi connectivity index (χ2v) is 4.51. The van der Waals surface area contributed by atoms with Crippen LogP contribution in [0.2, 0.25) is 0 Å². The van der Waals surface area contributed by atoms with Crippen LogP contribution in [0.15, 0.2) is 0 Å². The van der Waals surface area contributed by atoms with Crippen LogP contribution in [0.4, 0.5) is 0 Å². The highest BCUT2D eigenvalue weighted by molar-refractivity contribution is 5.82. The number of nitrogens with two attached hydrogens (primary N) is 1. The average Bonchev–Trinajstić information content (AvgIpc) is 2.84. The van der Waals surface area contributed by atoms with Crippen molar-refractivity contribution in [2.24, 2.45) is 17.6 Å². The molecule has 0 aromatic heterocycles. The molecule has 0 radical (unpaired) electrons. The molecule has 1 heterocycles. The molecule has 1 amide bonds. The minimum absolute atomic E-state index is 0.140. The van der Waals surface area contributed by atoms with Gasteiger partial charge >= 0.3 is 0 Å². The Labute approximate surface area is 90.8 Å². The lowest BCUT2D eigenvalue weighted by molar-refractivity contribution is -0.132. The van der Waals surface area contributed by atoms with Crippen molar-refractivity contribution in [2.45, 2.75) is 25.9 Å². The van der Waals surface area contributed by atoms with Crippen LogP contribution >= 0.6 is 0 Å². The molecular weight excluding hydrogens is 192 g/mol. The first kappa shape index (κ1) is 10.9. The zero-order valence-electron chi connectivity index (χ0n) is 9.32. The maximum Gasteiger partial charge on any atom is 0.228 e. The molecule has 2 fully saturated rings. The summed E-state index contributed by atoms with van der Waals surface area (Å²) in [6, 6.07) is 0. The summed E-state index contributed by atoms with van der Waals surface area (Å²) in [4.78, 5) is 13.9. The van der Waals surface area contributed by atoms with E-state index in [1.54, 1.807) is 0 Å². The van der Waals surface area contributed by atoms with Gasteiger partial charge in [-0.3, -0.25) is 4.79 Å². The lowest BCUT2D eigenvalue weighted by Crippen LogP contribution is -2.32. The first-order valence-electron chi connectivity index (χ1n) is 5.86. The number of amides is 1. The Bertz CT molecular complexity index is 245. The number of carbonyl (C=O) groups excluding carboxylic acids is 1. The monoisotopic (exact) mass is 212 g/mol. The van der Waals surface area contributed by atoms with Gasteiger partial charge in [0, 0.05) is 19.7 Å². The fourth-order valence-corrected chi connectivity index (χ4v) is 2.29. The fourth-order valence-electron chi connectivity index (χ4n) is 2.29. The lowest BCUT2D eigenvalue weighted by Gasteiger charge is -2.16. The smallest absolute Gasteiger partial charge is 0.228 e. The Morgan fingerprint density at radius 1 is 1.60 bits per heavy atom. The van der Waals surface area contributed by atoms with Gasteiger partial charge in [0.15, 0.2) is 0 Å². The molecule has 0 spiro atoms. The molecule has 3 unspecified atom stereocenters. The maximum atomic E-state index is 12.0. The zero-order valence-corrected chi connectivity index (χ0v) is 9.32. The number of nitrogens with zero attached hydrogens (tertiary/aromatic N) is 1. The van der Waals surface area contributed by atoms with Crippen molar-refractivity contribution in [1.29, 1.82) is 0 Å². The summed E-state index contributed by atoms with van der Waals surface area (Å²) in [5.41, 5.74) is 5.60. The summed E-state index contributed by atoms with van der Waals surface area (Å²) in [6.07, 6.45) is 2.17. The van der Waals surface area contributed by atoms with Crippen molar-refractivity contribution in [1.82, 2.24) is 4.90 Å². The van der Waals surface area contributed by atoms with E-state index in [0.29, 0.717) is 19.1 Å². The predicted molar refractivity (Wildman–Crippen MR) is 57.3 cm³/mol. The van der Waals surface area contributed by atoms with Crippen LogP contribution in [0.1, 0.15) is 19.8 Å². The number of carbonyl (C=O) groups is 1. The van der Waals surface area contributed by atoms with E-state index in [0.717, 1.165) is 25.9 Å². The summed E-state index contributed by atoms with van der Waals surface area (Å²) in [5.74, 6) is 0.934. The molecule has 2 rings (SSSR count). The highest BCUT2D eigenvalue weighted by atomic mass is 16.5. The summed E-state index contributed by atoms with van der Waals surface area (Å²) in [7, 11) is 0. The number of rotatable bonds is 4. The summed E-state index contributed by atoms with van der Waals surface area (Å²) in [6.45, 7) is 5.12. The second kappa shape index (κ2) is 4.49. The molecule has 2 aliphatic rings. The molecule has 15 heavy (non-hydrogen) atoms. The molecule has 3 atom stereocenters. The van der Waals surface area contributed by atoms with Crippen molar-refractivity contribution in [3.05, 3.63) is 0 Å². The molecule has 86 valence electrons. The Hall–Kier alpha value is -0.610. The van der Waals surface area contributed by atoms with Crippen molar-refractivity contribution < 1.29 is 9.53 Å². The van der Waals surface area contributed by atoms with Gasteiger partial charge in [0.25, 0.3) is 0 Å². The molecule has 0 bridgehead atoms. The Balaban J connectivity index is 1.78. The highest BCUT2D eigenvalue weighted by Crippen LogP contribution is 2.36. The van der Waals surface area contributed by atoms with E-state index in [2.05, 4.69) is 0 Å². The molecule has 1 aliphatic carbocycles. The summed E-state index contributed by atoms with van der Waals surface area (Å²) in [5, 5.41) is 0. The molecule has 4 nitrogen and oxygen atoms in total. The third-order valence-corrected chi connectivity index (χ3v) is 3.36. The Morgan fingerprint density at radius 3 is 3.00 bits per heavy atom. The van der Waals surface area contributed by atoms with Crippen LogP contribution in [0.5, 0.6) is 0 Å². The molecule has 0 aromatic rings. The van der Waals surface area contributed by atoms with Gasteiger partial charge in [0.1, 0.15) is 0 Å². The average molecular weight is 212 g/mol. The minimum Gasteiger partial charge on any atom is -0.378 e. The Morgan fingerprint density at radius 2 is 2.40 bits per heavy atom. The standard InChI is InChI=1S/C11H20N2O2/c1-2-15-10-5-9(10)11(14)13-4-3-8(6-12)7-13/h8-10H,2-7,12H2,1H3. The predicted octanol–water partition coefficient (Wildman–Crippen LogP) is 0.219. The zero-order chi connectivity index (χ0) is 10.8. The maximum absolute atomic E-state index is 12.0. The summed E-state index contributed by atoms with van der Waals surface area (Å²) >= 11 is 0. The van der Waals surface area contributed by atoms with Gasteiger partial charge in [-0.2, -0.15) is 0 Å². The third kappa shape index (κ3) is 2.32. The number of ether oxygens (including phenoxy) is 1. The second-order valence-electron chi connectivity index (χ2n) is 4.51. The van der Waals surface area contributed by atoms with Crippen molar-refractivity contribution in [2.75, 3.05) is 26.2 Å². The lowest BCUT2D eigenvalue weighted by atomic mass is 10.1. The highest BCUT2D eigenvalue weighted by Gasteiger charge is 2.46. The van der Waals surface area contributed by atoms with E-state index in [9.17, 15) is 4.79 Å². The number of hydrogen-bond donors (Lipinski definition) is 1. The first-order valence-corrected chi connectivity index (χ1v) is 5.86. The first-order chi connectivity index (χ1) is 7.26. The van der Waals surface area contributed by atoms with Gasteiger partial charge in [0.2, 0.25) is 5.91 Å². The van der Waals surface area contributed by atoms with Crippen LogP contribution in [-0.2, 0) is 9.53 Å². The van der Waals surface area contributed by atoms with Gasteiger partial charge in [-0.1, -0.05) is 0 Å². The molecule has 1 saturated carbocycles. The molecule has 2 N–H and O–H groups in total. The van der Waals surface area contributed by atoms with Crippen molar-refractivity contribution >= 4 is 5.91 Å². The van der Waals surface area contributed by atoms with Crippen LogP contribution in [0.25, 0.3) is 0 Å². The van der Waals surface area contributed by atoms with Gasteiger partial charge < -0.3 is 15.4 Å². The van der Waals surface area contributed by atoms with Gasteiger partial charge in [-0.25, -0.2) is 0 Å². The Kier molecular flexibility index (Phi) is 3.26. The SMILES string of the molecule is CCOC1CC1C(=O)N1CCC(CN)C1. The van der Waals surface area contributed by atoms with Crippen molar-refractivity contribution in [3.8, 4) is 0 Å². The normalized spacial score (nSPS) is 34.5. The van der Waals surface area contributed by atoms with E-state index in [1.165, 1.54) is 0 Å². The van der Waals surface area contributed by atoms with Crippen LogP contribution < -0.4 is 5.73 Å². The number of likely N-dealkylation sites (tertiary alicyclic amines) is 1. The van der Waals surface area contributed by atoms with E-state index in [4.69, 9.17) is 10.5 Å². The largest absolute Gasteiger partial charge is 0.378 e. The van der Waals surface area contributed by atoms with Crippen LogP contribution in [0.3, 0.4) is 0 Å². The van der Waals surface area contributed by atoms with E-state index < -0.39 is 0 Å². The quantitative estimate of drug-likeness (QED) is 0.725. The molecular formula is C11H20N2O2. The van der Waals surface area contributed by atoms with Crippen LogP contribution in [0, 0.1) is 11.8 Å². The third-order valence-electron chi connectivity index (χ3n) is 3.36. The van der Waals surface area contributed by atoms with E-state index >= 15 is 0 Å². The minimum atomic E-state index is 0.140. The molecule has 4 heteroatoms. The van der Waals surface area contributed by atoms with Gasteiger partial charge in [0.05, 0.1) is 12.0 Å². The van der Waals surface area contributed by atoms with E-state index in [-0.39, 0.29) is 17.9 Å².